The number of hydrogen-bond donors (Lipinski definition) is 2. The zero-order valence-electron chi connectivity index (χ0n) is 9.78. The Morgan fingerprint density at radius 3 is 2.59 bits per heavy atom. The van der Waals surface area contributed by atoms with Crippen LogP contribution in [0.15, 0.2) is 36.4 Å². The number of allylic oxidation sites excluding steroid dienone is 1. The molecule has 0 bridgehead atoms. The Morgan fingerprint density at radius 2 is 1.94 bits per heavy atom. The Morgan fingerprint density at radius 1 is 1.29 bits per heavy atom. The monoisotopic (exact) mass is 231 g/mol. The molecule has 0 atom stereocenters. The van der Waals surface area contributed by atoms with Crippen molar-refractivity contribution in [3.63, 3.8) is 0 Å². The van der Waals surface area contributed by atoms with E-state index in [0.29, 0.717) is 5.69 Å². The van der Waals surface area contributed by atoms with E-state index in [1.807, 2.05) is 0 Å². The fraction of sp³-hybridized carbons (Fsp3) is 0.357. The highest BCUT2D eigenvalue weighted by atomic mass is 16.3. The molecule has 1 fully saturated rings. The van der Waals surface area contributed by atoms with Crippen molar-refractivity contribution in [1.29, 1.82) is 0 Å². The lowest BCUT2D eigenvalue weighted by molar-refractivity contribution is -0.120. The van der Waals surface area contributed by atoms with E-state index in [1.54, 1.807) is 24.3 Å². The molecule has 0 saturated heterocycles. The van der Waals surface area contributed by atoms with E-state index in [0.717, 1.165) is 25.7 Å². The number of amides is 1. The van der Waals surface area contributed by atoms with Crippen LogP contribution in [-0.2, 0) is 4.79 Å². The van der Waals surface area contributed by atoms with Crippen molar-refractivity contribution < 1.29 is 9.90 Å². The summed E-state index contributed by atoms with van der Waals surface area (Å²) in [6.07, 6.45) is 3.58. The van der Waals surface area contributed by atoms with Crippen molar-refractivity contribution in [2.45, 2.75) is 25.7 Å². The number of carbonyl (C=O) groups excluding carboxylic acids is 1. The molecule has 0 aliphatic heterocycles. The zero-order chi connectivity index (χ0) is 12.3. The highest BCUT2D eigenvalue weighted by Crippen LogP contribution is 2.29. The zero-order valence-corrected chi connectivity index (χ0v) is 9.78. The molecule has 0 unspecified atom stereocenters. The second kappa shape index (κ2) is 5.04. The first-order chi connectivity index (χ1) is 8.16. The summed E-state index contributed by atoms with van der Waals surface area (Å²) in [4.78, 5) is 12.0. The highest BCUT2D eigenvalue weighted by molar-refractivity contribution is 5.93. The van der Waals surface area contributed by atoms with Gasteiger partial charge in [0, 0.05) is 5.92 Å². The average molecular weight is 231 g/mol. The van der Waals surface area contributed by atoms with E-state index in [1.165, 1.54) is 5.57 Å². The third-order valence-electron chi connectivity index (χ3n) is 3.23. The molecule has 1 amide bonds. The molecule has 1 aromatic carbocycles. The largest absolute Gasteiger partial charge is 0.506 e. The predicted octanol–water partition coefficient (Wildman–Crippen LogP) is 3.08. The highest BCUT2D eigenvalue weighted by Gasteiger charge is 2.22. The fourth-order valence-corrected chi connectivity index (χ4v) is 2.10. The summed E-state index contributed by atoms with van der Waals surface area (Å²) in [5.74, 6) is 0.153. The SMILES string of the molecule is C=C1CCC(C(=O)Nc2ccccc2O)CC1. The number of para-hydroxylation sites is 2. The summed E-state index contributed by atoms with van der Waals surface area (Å²) in [6.45, 7) is 3.93. The van der Waals surface area contributed by atoms with E-state index in [2.05, 4.69) is 11.9 Å². The summed E-state index contributed by atoms with van der Waals surface area (Å²) < 4.78 is 0. The number of rotatable bonds is 2. The molecule has 0 spiro atoms. The summed E-state index contributed by atoms with van der Waals surface area (Å²) in [6, 6.07) is 6.79. The Bertz CT molecular complexity index is 430. The molecule has 2 rings (SSSR count). The number of hydrogen-bond acceptors (Lipinski definition) is 2. The molecule has 1 aromatic rings. The van der Waals surface area contributed by atoms with Gasteiger partial charge in [0.2, 0.25) is 5.91 Å². The summed E-state index contributed by atoms with van der Waals surface area (Å²) in [7, 11) is 0. The van der Waals surface area contributed by atoms with Gasteiger partial charge in [-0.3, -0.25) is 4.79 Å². The summed E-state index contributed by atoms with van der Waals surface area (Å²) >= 11 is 0. The lowest BCUT2D eigenvalue weighted by Crippen LogP contribution is -2.25. The van der Waals surface area contributed by atoms with Crippen LogP contribution in [0.2, 0.25) is 0 Å². The molecule has 1 aliphatic carbocycles. The minimum absolute atomic E-state index is 0.000926. The number of benzene rings is 1. The van der Waals surface area contributed by atoms with Gasteiger partial charge in [-0.25, -0.2) is 0 Å². The van der Waals surface area contributed by atoms with Gasteiger partial charge in [-0.2, -0.15) is 0 Å². The molecule has 1 saturated carbocycles. The van der Waals surface area contributed by atoms with Gasteiger partial charge in [0.1, 0.15) is 5.75 Å². The van der Waals surface area contributed by atoms with Crippen LogP contribution in [-0.4, -0.2) is 11.0 Å². The van der Waals surface area contributed by atoms with Gasteiger partial charge in [-0.1, -0.05) is 24.3 Å². The molecule has 17 heavy (non-hydrogen) atoms. The molecular formula is C14H17NO2. The van der Waals surface area contributed by atoms with Crippen LogP contribution in [0.25, 0.3) is 0 Å². The van der Waals surface area contributed by atoms with Gasteiger partial charge < -0.3 is 10.4 Å². The van der Waals surface area contributed by atoms with E-state index < -0.39 is 0 Å². The van der Waals surface area contributed by atoms with E-state index in [9.17, 15) is 9.90 Å². The van der Waals surface area contributed by atoms with Gasteiger partial charge >= 0.3 is 0 Å². The third-order valence-corrected chi connectivity index (χ3v) is 3.23. The quantitative estimate of drug-likeness (QED) is 0.607. The summed E-state index contributed by atoms with van der Waals surface area (Å²) in [5.41, 5.74) is 1.72. The van der Waals surface area contributed by atoms with Crippen LogP contribution in [0.4, 0.5) is 5.69 Å². The lowest BCUT2D eigenvalue weighted by atomic mass is 9.86. The molecule has 90 valence electrons. The fourth-order valence-electron chi connectivity index (χ4n) is 2.10. The number of carbonyl (C=O) groups is 1. The molecule has 0 heterocycles. The van der Waals surface area contributed by atoms with Crippen molar-refractivity contribution >= 4 is 11.6 Å². The minimum atomic E-state index is -0.000926. The van der Waals surface area contributed by atoms with E-state index in [4.69, 9.17) is 0 Å². The van der Waals surface area contributed by atoms with Gasteiger partial charge in [0.15, 0.2) is 0 Å². The van der Waals surface area contributed by atoms with Gasteiger partial charge in [0.25, 0.3) is 0 Å². The van der Waals surface area contributed by atoms with Crippen molar-refractivity contribution in [3.05, 3.63) is 36.4 Å². The average Bonchev–Trinajstić information content (AvgIpc) is 2.33. The molecule has 3 nitrogen and oxygen atoms in total. The smallest absolute Gasteiger partial charge is 0.227 e. The van der Waals surface area contributed by atoms with Crippen molar-refractivity contribution in [3.8, 4) is 5.75 Å². The Labute approximate surface area is 101 Å². The van der Waals surface area contributed by atoms with Crippen LogP contribution in [0.3, 0.4) is 0 Å². The molecule has 3 heteroatoms. The standard InChI is InChI=1S/C14H17NO2/c1-10-6-8-11(9-7-10)14(17)15-12-4-2-3-5-13(12)16/h2-5,11,16H,1,6-9H2,(H,15,17). The lowest BCUT2D eigenvalue weighted by Gasteiger charge is -2.22. The number of phenolic OH excluding ortho intramolecular Hbond substituents is 1. The molecule has 0 aromatic heterocycles. The maximum atomic E-state index is 12.0. The maximum absolute atomic E-state index is 12.0. The molecular weight excluding hydrogens is 214 g/mol. The number of anilines is 1. The second-order valence-electron chi connectivity index (χ2n) is 4.53. The van der Waals surface area contributed by atoms with Gasteiger partial charge in [-0.15, -0.1) is 0 Å². The van der Waals surface area contributed by atoms with Gasteiger partial charge in [0.05, 0.1) is 5.69 Å². The first-order valence-electron chi connectivity index (χ1n) is 5.92. The maximum Gasteiger partial charge on any atom is 0.227 e. The third kappa shape index (κ3) is 2.87. The van der Waals surface area contributed by atoms with Crippen LogP contribution in [0.1, 0.15) is 25.7 Å². The van der Waals surface area contributed by atoms with Crippen molar-refractivity contribution in [2.24, 2.45) is 5.92 Å². The van der Waals surface area contributed by atoms with Crippen molar-refractivity contribution in [2.75, 3.05) is 5.32 Å². The topological polar surface area (TPSA) is 49.3 Å². The van der Waals surface area contributed by atoms with E-state index in [-0.39, 0.29) is 17.6 Å². The van der Waals surface area contributed by atoms with Crippen LogP contribution in [0, 0.1) is 5.92 Å². The van der Waals surface area contributed by atoms with Crippen LogP contribution in [0.5, 0.6) is 5.75 Å². The molecule has 2 N–H and O–H groups in total. The number of nitrogens with one attached hydrogen (secondary N) is 1. The van der Waals surface area contributed by atoms with Crippen LogP contribution < -0.4 is 5.32 Å². The minimum Gasteiger partial charge on any atom is -0.506 e. The first kappa shape index (κ1) is 11.7. The van der Waals surface area contributed by atoms with Gasteiger partial charge in [-0.05, 0) is 37.8 Å². The Balaban J connectivity index is 1.98. The second-order valence-corrected chi connectivity index (χ2v) is 4.53. The van der Waals surface area contributed by atoms with Crippen LogP contribution >= 0.6 is 0 Å². The van der Waals surface area contributed by atoms with Crippen molar-refractivity contribution in [1.82, 2.24) is 0 Å². The Kier molecular flexibility index (Phi) is 3.47. The number of phenols is 1. The molecule has 1 aliphatic rings. The van der Waals surface area contributed by atoms with E-state index >= 15 is 0 Å². The first-order valence-corrected chi connectivity index (χ1v) is 5.92. The normalized spacial score (nSPS) is 16.8. The summed E-state index contributed by atoms with van der Waals surface area (Å²) in [5, 5.41) is 12.3. The molecule has 0 radical (unpaired) electrons. The number of aromatic hydroxyl groups is 1. The predicted molar refractivity (Wildman–Crippen MR) is 67.8 cm³/mol. The Hall–Kier alpha value is -1.77.